The second-order valence-electron chi connectivity index (χ2n) is 5.62. The normalized spacial score (nSPS) is 10.7. The number of rotatable bonds is 6. The van der Waals surface area contributed by atoms with E-state index in [1.54, 1.807) is 36.4 Å². The summed E-state index contributed by atoms with van der Waals surface area (Å²) in [5, 5.41) is 11.5. The number of thioether (sulfide) groups is 1. The zero-order valence-electron chi connectivity index (χ0n) is 14.1. The van der Waals surface area contributed by atoms with Gasteiger partial charge >= 0.3 is 0 Å². The number of hydrogen-bond acceptors (Lipinski definition) is 6. The first-order chi connectivity index (χ1) is 13.3. The lowest BCUT2D eigenvalue weighted by Crippen LogP contribution is -2.11. The molecule has 0 spiro atoms. The molecule has 0 aliphatic rings. The van der Waals surface area contributed by atoms with E-state index in [1.165, 1.54) is 16.9 Å². The molecule has 0 fully saturated rings. The summed E-state index contributed by atoms with van der Waals surface area (Å²) in [6, 6.07) is 17.5. The summed E-state index contributed by atoms with van der Waals surface area (Å²) in [7, 11) is 0. The van der Waals surface area contributed by atoms with Gasteiger partial charge in [-0.1, -0.05) is 53.4 Å². The number of benzene rings is 2. The summed E-state index contributed by atoms with van der Waals surface area (Å²) in [5.74, 6) is 0.613. The van der Waals surface area contributed by atoms with Crippen LogP contribution >= 0.6 is 23.1 Å². The van der Waals surface area contributed by atoms with Crippen molar-refractivity contribution < 1.29 is 4.79 Å². The third kappa shape index (κ3) is 4.42. The Kier molecular flexibility index (Phi) is 5.27. The number of aromatic nitrogens is 4. The van der Waals surface area contributed by atoms with Crippen LogP contribution in [0.5, 0.6) is 0 Å². The average Bonchev–Trinajstić information content (AvgIpc) is 3.40. The van der Waals surface area contributed by atoms with E-state index in [2.05, 4.69) is 32.6 Å². The summed E-state index contributed by atoms with van der Waals surface area (Å²) in [6.45, 7) is 0. The molecule has 0 saturated carbocycles. The molecule has 27 heavy (non-hydrogen) atoms. The van der Waals surface area contributed by atoms with Crippen molar-refractivity contribution in [2.45, 2.75) is 10.1 Å². The minimum atomic E-state index is -0.206. The van der Waals surface area contributed by atoms with E-state index in [1.807, 2.05) is 41.1 Å². The van der Waals surface area contributed by atoms with Gasteiger partial charge in [0.1, 0.15) is 0 Å². The molecule has 0 unspecified atom stereocenters. The topological polar surface area (TPSA) is 72.7 Å². The Labute approximate surface area is 164 Å². The maximum Gasteiger partial charge on any atom is 0.257 e. The molecule has 2 aromatic carbocycles. The van der Waals surface area contributed by atoms with Crippen LogP contribution in [0.1, 0.15) is 15.9 Å². The van der Waals surface area contributed by atoms with E-state index in [0.29, 0.717) is 10.7 Å². The zero-order valence-corrected chi connectivity index (χ0v) is 15.8. The number of hydrogen-bond donors (Lipinski definition) is 1. The van der Waals surface area contributed by atoms with Crippen molar-refractivity contribution in [2.75, 3.05) is 5.32 Å². The largest absolute Gasteiger partial charge is 0.306 e. The molecule has 0 aliphatic heterocycles. The van der Waals surface area contributed by atoms with Crippen LogP contribution in [0.2, 0.25) is 0 Å². The summed E-state index contributed by atoms with van der Waals surface area (Å²) >= 11 is 2.98. The molecule has 0 saturated heterocycles. The third-order valence-electron chi connectivity index (χ3n) is 3.76. The lowest BCUT2D eigenvalue weighted by atomic mass is 10.2. The first-order valence-corrected chi connectivity index (χ1v) is 9.98. The molecule has 0 aliphatic carbocycles. The number of imidazole rings is 1. The molecule has 4 rings (SSSR count). The predicted molar refractivity (Wildman–Crippen MR) is 107 cm³/mol. The standard InChI is InChI=1S/C19H15N5OS2/c25-17(15-6-8-16(9-7-15)24-11-10-20-13-24)21-18-22-23-19(27-18)26-12-14-4-2-1-3-5-14/h1-11,13H,12H2,(H,21,22,25). The first-order valence-electron chi connectivity index (χ1n) is 8.18. The molecule has 0 bridgehead atoms. The van der Waals surface area contributed by atoms with Gasteiger partial charge < -0.3 is 4.57 Å². The lowest BCUT2D eigenvalue weighted by molar-refractivity contribution is 0.102. The Hall–Kier alpha value is -2.97. The van der Waals surface area contributed by atoms with Gasteiger partial charge in [-0.3, -0.25) is 10.1 Å². The molecule has 134 valence electrons. The van der Waals surface area contributed by atoms with Gasteiger partial charge in [0.15, 0.2) is 4.34 Å². The van der Waals surface area contributed by atoms with E-state index < -0.39 is 0 Å². The highest BCUT2D eigenvalue weighted by Gasteiger charge is 2.11. The quantitative estimate of drug-likeness (QED) is 0.391. The van der Waals surface area contributed by atoms with E-state index in [4.69, 9.17) is 0 Å². The van der Waals surface area contributed by atoms with Gasteiger partial charge in [-0.15, -0.1) is 10.2 Å². The highest BCUT2D eigenvalue weighted by molar-refractivity contribution is 8.00. The van der Waals surface area contributed by atoms with E-state index in [-0.39, 0.29) is 5.91 Å². The van der Waals surface area contributed by atoms with Crippen molar-refractivity contribution in [1.29, 1.82) is 0 Å². The minimum absolute atomic E-state index is 0.206. The second kappa shape index (κ2) is 8.15. The smallest absolute Gasteiger partial charge is 0.257 e. The van der Waals surface area contributed by atoms with E-state index >= 15 is 0 Å². The molecular weight excluding hydrogens is 378 g/mol. The van der Waals surface area contributed by atoms with Crippen LogP contribution in [-0.2, 0) is 5.75 Å². The monoisotopic (exact) mass is 393 g/mol. The van der Waals surface area contributed by atoms with Gasteiger partial charge in [0.05, 0.1) is 6.33 Å². The maximum atomic E-state index is 12.4. The van der Waals surface area contributed by atoms with Crippen molar-refractivity contribution >= 4 is 34.1 Å². The van der Waals surface area contributed by atoms with Crippen LogP contribution in [0.3, 0.4) is 0 Å². The second-order valence-corrected chi connectivity index (χ2v) is 7.82. The highest BCUT2D eigenvalue weighted by atomic mass is 32.2. The lowest BCUT2D eigenvalue weighted by Gasteiger charge is -2.04. The highest BCUT2D eigenvalue weighted by Crippen LogP contribution is 2.28. The van der Waals surface area contributed by atoms with Crippen LogP contribution in [0.25, 0.3) is 5.69 Å². The Balaban J connectivity index is 1.36. The number of nitrogens with one attached hydrogen (secondary N) is 1. The Morgan fingerprint density at radius 2 is 1.89 bits per heavy atom. The number of anilines is 1. The molecule has 8 heteroatoms. The fraction of sp³-hybridized carbons (Fsp3) is 0.0526. The minimum Gasteiger partial charge on any atom is -0.306 e. The molecule has 2 heterocycles. The number of amides is 1. The van der Waals surface area contributed by atoms with Crippen molar-refractivity contribution in [3.8, 4) is 5.69 Å². The molecule has 4 aromatic rings. The number of carbonyl (C=O) groups excluding carboxylic acids is 1. The van der Waals surface area contributed by atoms with Crippen molar-refractivity contribution in [2.24, 2.45) is 0 Å². The third-order valence-corrected chi connectivity index (χ3v) is 5.81. The summed E-state index contributed by atoms with van der Waals surface area (Å²) in [4.78, 5) is 16.4. The Morgan fingerprint density at radius 1 is 1.07 bits per heavy atom. The van der Waals surface area contributed by atoms with Gasteiger partial charge in [0.2, 0.25) is 5.13 Å². The van der Waals surface area contributed by atoms with Crippen molar-refractivity contribution in [3.63, 3.8) is 0 Å². The van der Waals surface area contributed by atoms with E-state index in [0.717, 1.165) is 15.8 Å². The van der Waals surface area contributed by atoms with Crippen LogP contribution in [0, 0.1) is 0 Å². The van der Waals surface area contributed by atoms with Gasteiger partial charge in [0, 0.05) is 29.4 Å². The van der Waals surface area contributed by atoms with Crippen LogP contribution < -0.4 is 5.32 Å². The van der Waals surface area contributed by atoms with Gasteiger partial charge in [-0.05, 0) is 29.8 Å². The number of carbonyl (C=O) groups is 1. The summed E-state index contributed by atoms with van der Waals surface area (Å²) in [5.41, 5.74) is 2.73. The van der Waals surface area contributed by atoms with Gasteiger partial charge in [0.25, 0.3) is 5.91 Å². The van der Waals surface area contributed by atoms with Gasteiger partial charge in [-0.2, -0.15) is 0 Å². The zero-order chi connectivity index (χ0) is 18.5. The molecule has 0 atom stereocenters. The van der Waals surface area contributed by atoms with Crippen LogP contribution in [0.15, 0.2) is 77.7 Å². The van der Waals surface area contributed by atoms with Crippen LogP contribution in [-0.4, -0.2) is 25.7 Å². The molecule has 0 radical (unpaired) electrons. The summed E-state index contributed by atoms with van der Waals surface area (Å²) < 4.78 is 2.70. The SMILES string of the molecule is O=C(Nc1nnc(SCc2ccccc2)s1)c1ccc(-n2ccnc2)cc1. The molecule has 1 N–H and O–H groups in total. The Morgan fingerprint density at radius 3 is 2.63 bits per heavy atom. The average molecular weight is 393 g/mol. The van der Waals surface area contributed by atoms with E-state index in [9.17, 15) is 4.79 Å². The molecule has 2 aromatic heterocycles. The first kappa shape index (κ1) is 17.4. The fourth-order valence-electron chi connectivity index (χ4n) is 2.40. The molecular formula is C19H15N5OS2. The number of nitrogens with zero attached hydrogens (tertiary/aromatic N) is 4. The summed E-state index contributed by atoms with van der Waals surface area (Å²) in [6.07, 6.45) is 5.28. The fourth-order valence-corrected chi connectivity index (χ4v) is 4.11. The van der Waals surface area contributed by atoms with Crippen molar-refractivity contribution in [1.82, 2.24) is 19.7 Å². The maximum absolute atomic E-state index is 12.4. The molecule has 6 nitrogen and oxygen atoms in total. The Bertz CT molecular complexity index is 1010. The predicted octanol–water partition coefficient (Wildman–Crippen LogP) is 4.27. The van der Waals surface area contributed by atoms with Crippen molar-refractivity contribution in [3.05, 3.63) is 84.4 Å². The molecule has 1 amide bonds. The van der Waals surface area contributed by atoms with Gasteiger partial charge in [-0.25, -0.2) is 4.98 Å². The van der Waals surface area contributed by atoms with Crippen LogP contribution in [0.4, 0.5) is 5.13 Å².